The van der Waals surface area contributed by atoms with Crippen molar-refractivity contribution in [1.82, 2.24) is 5.32 Å². The van der Waals surface area contributed by atoms with Crippen LogP contribution in [0, 0.1) is 11.6 Å². The van der Waals surface area contributed by atoms with Gasteiger partial charge in [-0.25, -0.2) is 8.78 Å². The number of hydrogen-bond donors (Lipinski definition) is 1. The summed E-state index contributed by atoms with van der Waals surface area (Å²) in [5.74, 6) is -0.905. The molecule has 0 heterocycles. The maximum absolute atomic E-state index is 13.4. The minimum absolute atomic E-state index is 0.00245. The molecule has 1 rings (SSSR count). The molecule has 0 spiro atoms. The van der Waals surface area contributed by atoms with Crippen molar-refractivity contribution in [2.24, 2.45) is 0 Å². The number of halogens is 3. The zero-order chi connectivity index (χ0) is 13.5. The van der Waals surface area contributed by atoms with Crippen LogP contribution in [0.15, 0.2) is 18.2 Å². The van der Waals surface area contributed by atoms with E-state index in [-0.39, 0.29) is 23.9 Å². The average molecular weight is 276 g/mol. The Labute approximate surface area is 110 Å². The van der Waals surface area contributed by atoms with E-state index in [2.05, 4.69) is 5.32 Å². The molecular formula is C13H16ClF2NO. The Morgan fingerprint density at radius 1 is 1.39 bits per heavy atom. The van der Waals surface area contributed by atoms with Crippen LogP contribution in [0.3, 0.4) is 0 Å². The molecule has 0 aliphatic rings. The van der Waals surface area contributed by atoms with Gasteiger partial charge in [0, 0.05) is 23.9 Å². The molecule has 1 unspecified atom stereocenters. The van der Waals surface area contributed by atoms with Crippen molar-refractivity contribution < 1.29 is 13.6 Å². The fourth-order valence-electron chi connectivity index (χ4n) is 1.66. The lowest BCUT2D eigenvalue weighted by Crippen LogP contribution is -2.34. The van der Waals surface area contributed by atoms with Crippen LogP contribution >= 0.6 is 11.6 Å². The first-order valence-electron chi connectivity index (χ1n) is 5.82. The molecule has 0 bridgehead atoms. The number of alkyl halides is 1. The summed E-state index contributed by atoms with van der Waals surface area (Å²) in [6.07, 6.45) is 1.05. The molecule has 1 atom stereocenters. The van der Waals surface area contributed by atoms with E-state index >= 15 is 0 Å². The highest BCUT2D eigenvalue weighted by atomic mass is 35.5. The number of carbonyl (C=O) groups excluding carboxylic acids is 1. The molecule has 1 aromatic carbocycles. The van der Waals surface area contributed by atoms with Crippen molar-refractivity contribution in [2.75, 3.05) is 5.88 Å². The van der Waals surface area contributed by atoms with Crippen LogP contribution in [-0.2, 0) is 11.2 Å². The molecule has 0 aliphatic heterocycles. The Bertz CT molecular complexity index is 392. The van der Waals surface area contributed by atoms with Gasteiger partial charge in [-0.3, -0.25) is 4.79 Å². The van der Waals surface area contributed by atoms with Gasteiger partial charge in [-0.05, 0) is 31.9 Å². The highest BCUT2D eigenvalue weighted by Gasteiger charge is 2.13. The van der Waals surface area contributed by atoms with Gasteiger partial charge in [0.1, 0.15) is 11.6 Å². The van der Waals surface area contributed by atoms with Gasteiger partial charge in [-0.15, -0.1) is 11.6 Å². The van der Waals surface area contributed by atoms with Crippen molar-refractivity contribution in [1.29, 1.82) is 0 Å². The molecule has 1 amide bonds. The van der Waals surface area contributed by atoms with Crippen LogP contribution in [0.2, 0.25) is 0 Å². The number of hydrogen-bond acceptors (Lipinski definition) is 1. The molecule has 0 fully saturated rings. The fourth-order valence-corrected chi connectivity index (χ4v) is 1.79. The van der Waals surface area contributed by atoms with E-state index in [0.717, 1.165) is 0 Å². The van der Waals surface area contributed by atoms with Crippen molar-refractivity contribution in [3.8, 4) is 0 Å². The lowest BCUT2D eigenvalue weighted by Gasteiger charge is -2.14. The number of benzene rings is 1. The van der Waals surface area contributed by atoms with E-state index in [0.29, 0.717) is 18.7 Å². The first kappa shape index (κ1) is 14.9. The van der Waals surface area contributed by atoms with Crippen LogP contribution in [-0.4, -0.2) is 17.8 Å². The predicted octanol–water partition coefficient (Wildman–Crippen LogP) is 3.03. The standard InChI is InChI=1S/C13H16ClF2NO/c1-9(17-13(18)6-3-7-14)8-10-11(15)4-2-5-12(10)16/h2,4-5,9H,3,6-8H2,1H3,(H,17,18). The third-order valence-electron chi connectivity index (χ3n) is 2.52. The lowest BCUT2D eigenvalue weighted by molar-refractivity contribution is -0.121. The van der Waals surface area contributed by atoms with Gasteiger partial charge in [0.25, 0.3) is 0 Å². The molecule has 0 radical (unpaired) electrons. The van der Waals surface area contributed by atoms with Crippen LogP contribution < -0.4 is 5.32 Å². The summed E-state index contributed by atoms with van der Waals surface area (Å²) >= 11 is 5.47. The quantitative estimate of drug-likeness (QED) is 0.795. The minimum atomic E-state index is -0.586. The molecule has 2 nitrogen and oxygen atoms in total. The molecule has 100 valence electrons. The molecule has 5 heteroatoms. The third kappa shape index (κ3) is 4.61. The van der Waals surface area contributed by atoms with Crippen LogP contribution in [0.25, 0.3) is 0 Å². The van der Waals surface area contributed by atoms with Gasteiger partial charge in [-0.1, -0.05) is 6.07 Å². The van der Waals surface area contributed by atoms with E-state index in [1.54, 1.807) is 6.92 Å². The van der Waals surface area contributed by atoms with Gasteiger partial charge in [0.15, 0.2) is 0 Å². The Morgan fingerprint density at radius 3 is 2.56 bits per heavy atom. The van der Waals surface area contributed by atoms with Crippen LogP contribution in [0.5, 0.6) is 0 Å². The molecule has 1 N–H and O–H groups in total. The number of amides is 1. The fraction of sp³-hybridized carbons (Fsp3) is 0.462. The smallest absolute Gasteiger partial charge is 0.220 e. The Kier molecular flexibility index (Phi) is 6.05. The summed E-state index contributed by atoms with van der Waals surface area (Å²) in [4.78, 5) is 11.4. The Hall–Kier alpha value is -1.16. The summed E-state index contributed by atoms with van der Waals surface area (Å²) < 4.78 is 26.8. The minimum Gasteiger partial charge on any atom is -0.353 e. The van der Waals surface area contributed by atoms with Crippen LogP contribution in [0.1, 0.15) is 25.3 Å². The summed E-state index contributed by atoms with van der Waals surface area (Å²) in [5.41, 5.74) is 0.00245. The Balaban J connectivity index is 2.54. The zero-order valence-electron chi connectivity index (χ0n) is 10.2. The number of nitrogens with one attached hydrogen (secondary N) is 1. The van der Waals surface area contributed by atoms with E-state index in [1.165, 1.54) is 18.2 Å². The van der Waals surface area contributed by atoms with Crippen molar-refractivity contribution in [3.63, 3.8) is 0 Å². The van der Waals surface area contributed by atoms with Gasteiger partial charge < -0.3 is 5.32 Å². The molecule has 18 heavy (non-hydrogen) atoms. The van der Waals surface area contributed by atoms with Crippen molar-refractivity contribution >= 4 is 17.5 Å². The number of carbonyl (C=O) groups is 1. The molecule has 0 saturated heterocycles. The summed E-state index contributed by atoms with van der Waals surface area (Å²) in [7, 11) is 0. The van der Waals surface area contributed by atoms with Gasteiger partial charge >= 0.3 is 0 Å². The second-order valence-electron chi connectivity index (χ2n) is 4.17. The van der Waals surface area contributed by atoms with E-state index in [9.17, 15) is 13.6 Å². The summed E-state index contributed by atoms with van der Waals surface area (Å²) in [6, 6.07) is 3.41. The second-order valence-corrected chi connectivity index (χ2v) is 4.54. The third-order valence-corrected chi connectivity index (χ3v) is 2.78. The highest BCUT2D eigenvalue weighted by molar-refractivity contribution is 6.17. The van der Waals surface area contributed by atoms with E-state index in [1.807, 2.05) is 0 Å². The topological polar surface area (TPSA) is 29.1 Å². The lowest BCUT2D eigenvalue weighted by atomic mass is 10.1. The molecular weight excluding hydrogens is 260 g/mol. The summed E-state index contributed by atoms with van der Waals surface area (Å²) in [5, 5.41) is 2.69. The number of rotatable bonds is 6. The van der Waals surface area contributed by atoms with Crippen molar-refractivity contribution in [3.05, 3.63) is 35.4 Å². The highest BCUT2D eigenvalue weighted by Crippen LogP contribution is 2.14. The summed E-state index contributed by atoms with van der Waals surface area (Å²) in [6.45, 7) is 1.71. The van der Waals surface area contributed by atoms with Gasteiger partial charge in [-0.2, -0.15) is 0 Å². The SMILES string of the molecule is CC(Cc1c(F)cccc1F)NC(=O)CCCCl. The zero-order valence-corrected chi connectivity index (χ0v) is 10.9. The second kappa shape index (κ2) is 7.31. The van der Waals surface area contributed by atoms with Crippen LogP contribution in [0.4, 0.5) is 8.78 Å². The Morgan fingerprint density at radius 2 is 2.00 bits per heavy atom. The first-order valence-corrected chi connectivity index (χ1v) is 6.36. The molecule has 0 saturated carbocycles. The largest absolute Gasteiger partial charge is 0.353 e. The molecule has 0 aliphatic carbocycles. The maximum Gasteiger partial charge on any atom is 0.220 e. The predicted molar refractivity (Wildman–Crippen MR) is 67.6 cm³/mol. The average Bonchev–Trinajstić information content (AvgIpc) is 2.31. The van der Waals surface area contributed by atoms with Gasteiger partial charge in [0.2, 0.25) is 5.91 Å². The van der Waals surface area contributed by atoms with Crippen molar-refractivity contribution in [2.45, 2.75) is 32.2 Å². The molecule has 1 aromatic rings. The molecule has 0 aromatic heterocycles. The van der Waals surface area contributed by atoms with E-state index < -0.39 is 11.6 Å². The monoisotopic (exact) mass is 275 g/mol. The normalized spacial score (nSPS) is 12.2. The maximum atomic E-state index is 13.4. The van der Waals surface area contributed by atoms with E-state index in [4.69, 9.17) is 11.6 Å². The van der Waals surface area contributed by atoms with Gasteiger partial charge in [0.05, 0.1) is 0 Å². The first-order chi connectivity index (χ1) is 8.54.